The van der Waals surface area contributed by atoms with Crippen LogP contribution in [0.1, 0.15) is 62.0 Å². The number of methoxy groups -OCH3 is 1. The predicted octanol–water partition coefficient (Wildman–Crippen LogP) is 4.46. The molecule has 35 heavy (non-hydrogen) atoms. The minimum absolute atomic E-state index is 0.0658. The fraction of sp³-hybridized carbons (Fsp3) is 0.536. The molecule has 0 aliphatic heterocycles. The number of halogens is 1. The van der Waals surface area contributed by atoms with Gasteiger partial charge in [0.15, 0.2) is 0 Å². The number of β-amino-alcohol motifs (C(OH)–C–C–N with tert-alkyl or cyclic N) is 1. The molecule has 0 radical (unpaired) electrons. The Morgan fingerprint density at radius 3 is 2.49 bits per heavy atom. The molecule has 2 aromatic rings. The molecule has 0 heterocycles. The molecule has 0 aromatic heterocycles. The van der Waals surface area contributed by atoms with Crippen LogP contribution in [0, 0.1) is 11.7 Å². The van der Waals surface area contributed by atoms with Gasteiger partial charge in [-0.2, -0.15) is 0 Å². The largest absolute Gasteiger partial charge is 0.496 e. The molecule has 3 N–H and O–H groups in total. The lowest BCUT2D eigenvalue weighted by Crippen LogP contribution is -2.45. The summed E-state index contributed by atoms with van der Waals surface area (Å²) in [5.41, 5.74) is 3.87. The second-order valence-electron chi connectivity index (χ2n) is 10.2. The summed E-state index contributed by atoms with van der Waals surface area (Å²) in [6.45, 7) is 6.51. The molecule has 0 bridgehead atoms. The molecular weight excluding hydrogens is 449 g/mol. The number of aliphatic carboxylic acids is 1. The molecule has 0 amide bonds. The third-order valence-electron chi connectivity index (χ3n) is 6.74. The first-order valence-corrected chi connectivity index (χ1v) is 12.3. The Labute approximate surface area is 207 Å². The van der Waals surface area contributed by atoms with Crippen LogP contribution in [0.5, 0.6) is 5.75 Å². The van der Waals surface area contributed by atoms with E-state index in [1.165, 1.54) is 30.4 Å². The lowest BCUT2D eigenvalue weighted by atomic mass is 9.88. The van der Waals surface area contributed by atoms with Gasteiger partial charge in [0.2, 0.25) is 0 Å². The summed E-state index contributed by atoms with van der Waals surface area (Å²) >= 11 is 0. The second-order valence-corrected chi connectivity index (χ2v) is 10.2. The number of benzene rings is 2. The highest BCUT2D eigenvalue weighted by Crippen LogP contribution is 2.33. The monoisotopic (exact) mass is 487 g/mol. The number of hydrogen-bond donors (Lipinski definition) is 3. The molecule has 7 heteroatoms. The van der Waals surface area contributed by atoms with Crippen molar-refractivity contribution in [3.8, 4) is 5.75 Å². The van der Waals surface area contributed by atoms with Gasteiger partial charge in [0.05, 0.1) is 25.9 Å². The van der Waals surface area contributed by atoms with E-state index in [0.29, 0.717) is 29.3 Å². The van der Waals surface area contributed by atoms with Crippen molar-refractivity contribution in [2.24, 2.45) is 5.92 Å². The number of carbonyl (C=O) groups is 1. The number of ether oxygens (including phenoxy) is 2. The highest BCUT2D eigenvalue weighted by molar-refractivity contribution is 5.67. The number of carboxylic acid groups (broad SMARTS) is 1. The van der Waals surface area contributed by atoms with Crippen LogP contribution in [0.15, 0.2) is 36.4 Å². The molecule has 1 aliphatic rings. The Balaban J connectivity index is 1.51. The van der Waals surface area contributed by atoms with Crippen molar-refractivity contribution in [2.45, 2.75) is 70.6 Å². The lowest BCUT2D eigenvalue weighted by molar-refractivity contribution is -0.136. The van der Waals surface area contributed by atoms with Crippen LogP contribution in [0.3, 0.4) is 0 Å². The molecule has 0 fully saturated rings. The van der Waals surface area contributed by atoms with E-state index >= 15 is 0 Å². The molecule has 0 unspecified atom stereocenters. The van der Waals surface area contributed by atoms with Gasteiger partial charge in [-0.25, -0.2) is 4.39 Å². The molecule has 0 saturated heterocycles. The molecule has 192 valence electrons. The third kappa shape index (κ3) is 7.75. The number of nitrogens with one attached hydrogen (secondary N) is 1. The van der Waals surface area contributed by atoms with Gasteiger partial charge in [-0.05, 0) is 75.1 Å². The van der Waals surface area contributed by atoms with Crippen LogP contribution in [-0.2, 0) is 28.8 Å². The first-order chi connectivity index (χ1) is 16.6. The highest BCUT2D eigenvalue weighted by atomic mass is 19.1. The zero-order valence-electron chi connectivity index (χ0n) is 21.1. The van der Waals surface area contributed by atoms with Crippen molar-refractivity contribution in [2.75, 3.05) is 20.3 Å². The first kappa shape index (κ1) is 27.1. The van der Waals surface area contributed by atoms with E-state index in [-0.39, 0.29) is 25.0 Å². The average Bonchev–Trinajstić information content (AvgIpc) is 3.21. The number of aliphatic hydroxyl groups is 1. The molecular formula is C28H38FNO5. The third-order valence-corrected chi connectivity index (χ3v) is 6.74. The van der Waals surface area contributed by atoms with Gasteiger partial charge in [-0.15, -0.1) is 0 Å². The van der Waals surface area contributed by atoms with Crippen molar-refractivity contribution in [3.05, 3.63) is 64.5 Å². The summed E-state index contributed by atoms with van der Waals surface area (Å²) < 4.78 is 25.3. The van der Waals surface area contributed by atoms with Crippen molar-refractivity contribution in [3.63, 3.8) is 0 Å². The zero-order chi connectivity index (χ0) is 25.6. The van der Waals surface area contributed by atoms with Crippen molar-refractivity contribution in [1.82, 2.24) is 5.32 Å². The summed E-state index contributed by atoms with van der Waals surface area (Å²) in [4.78, 5) is 11.1. The molecule has 3 rings (SSSR count). The van der Waals surface area contributed by atoms with Crippen LogP contribution in [-0.4, -0.2) is 48.1 Å². The number of hydrogen-bond acceptors (Lipinski definition) is 5. The van der Waals surface area contributed by atoms with Gasteiger partial charge < -0.3 is 25.0 Å². The number of rotatable bonds is 13. The SMILES string of the molecule is COc1cc(F)cc([C@@H](C)OC[C@@H](O)CNC(C)(C)CC2Cc3ccccc3C2)c1CCC(=O)O. The minimum atomic E-state index is -0.943. The van der Waals surface area contributed by atoms with Crippen LogP contribution in [0.4, 0.5) is 4.39 Å². The zero-order valence-corrected chi connectivity index (χ0v) is 21.1. The van der Waals surface area contributed by atoms with Gasteiger partial charge in [0.1, 0.15) is 11.6 Å². The number of fused-ring (bicyclic) bond motifs is 1. The Hall–Kier alpha value is -2.48. The first-order valence-electron chi connectivity index (χ1n) is 12.3. The van der Waals surface area contributed by atoms with Gasteiger partial charge in [0, 0.05) is 30.1 Å². The average molecular weight is 488 g/mol. The normalized spacial score (nSPS) is 15.6. The van der Waals surface area contributed by atoms with Gasteiger partial charge in [-0.3, -0.25) is 4.79 Å². The fourth-order valence-corrected chi connectivity index (χ4v) is 5.06. The van der Waals surface area contributed by atoms with Crippen LogP contribution in [0.25, 0.3) is 0 Å². The highest BCUT2D eigenvalue weighted by Gasteiger charge is 2.28. The summed E-state index contributed by atoms with van der Waals surface area (Å²) in [5, 5.41) is 23.1. The lowest BCUT2D eigenvalue weighted by Gasteiger charge is -2.31. The molecule has 2 atom stereocenters. The topological polar surface area (TPSA) is 88.0 Å². The number of carboxylic acids is 1. The predicted molar refractivity (Wildman–Crippen MR) is 133 cm³/mol. The summed E-state index contributed by atoms with van der Waals surface area (Å²) in [6, 6.07) is 11.2. The van der Waals surface area contributed by atoms with E-state index in [1.54, 1.807) is 6.92 Å². The van der Waals surface area contributed by atoms with E-state index in [2.05, 4.69) is 43.4 Å². The van der Waals surface area contributed by atoms with E-state index in [0.717, 1.165) is 19.3 Å². The Bertz CT molecular complexity index is 984. The van der Waals surface area contributed by atoms with Gasteiger partial charge in [0.25, 0.3) is 0 Å². The van der Waals surface area contributed by atoms with Gasteiger partial charge in [-0.1, -0.05) is 24.3 Å². The van der Waals surface area contributed by atoms with Crippen molar-refractivity contribution >= 4 is 5.97 Å². The molecule has 0 saturated carbocycles. The quantitative estimate of drug-likeness (QED) is 0.387. The van der Waals surface area contributed by atoms with Crippen LogP contribution in [0.2, 0.25) is 0 Å². The maximum absolute atomic E-state index is 14.1. The van der Waals surface area contributed by atoms with Crippen LogP contribution < -0.4 is 10.1 Å². The summed E-state index contributed by atoms with van der Waals surface area (Å²) in [6.07, 6.45) is 2.00. The van der Waals surface area contributed by atoms with E-state index in [9.17, 15) is 14.3 Å². The number of aliphatic hydroxyl groups excluding tert-OH is 1. The van der Waals surface area contributed by atoms with E-state index in [1.807, 2.05) is 0 Å². The Kier molecular flexibility index (Phi) is 9.27. The van der Waals surface area contributed by atoms with E-state index < -0.39 is 24.0 Å². The van der Waals surface area contributed by atoms with Gasteiger partial charge >= 0.3 is 5.97 Å². The molecule has 2 aromatic carbocycles. The van der Waals surface area contributed by atoms with E-state index in [4.69, 9.17) is 14.6 Å². The van der Waals surface area contributed by atoms with Crippen molar-refractivity contribution < 1.29 is 28.9 Å². The van der Waals surface area contributed by atoms with Crippen LogP contribution >= 0.6 is 0 Å². The second kappa shape index (κ2) is 12.0. The molecule has 6 nitrogen and oxygen atoms in total. The summed E-state index contributed by atoms with van der Waals surface area (Å²) in [5.74, 6) is -0.545. The maximum atomic E-state index is 14.1. The smallest absolute Gasteiger partial charge is 0.303 e. The molecule has 1 aliphatic carbocycles. The summed E-state index contributed by atoms with van der Waals surface area (Å²) in [7, 11) is 1.43. The molecule has 0 spiro atoms. The minimum Gasteiger partial charge on any atom is -0.496 e. The van der Waals surface area contributed by atoms with Crippen molar-refractivity contribution in [1.29, 1.82) is 0 Å². The standard InChI is InChI=1S/C28H38FNO5/c1-18(25-13-22(29)14-26(34-4)24(25)9-10-27(32)33)35-17-23(31)16-30-28(2,3)15-19-11-20-7-5-6-8-21(20)12-19/h5-8,13-14,18-19,23,30-31H,9-12,15-17H2,1-4H3,(H,32,33)/t18-,23+/m1/s1. The maximum Gasteiger partial charge on any atom is 0.303 e. The Morgan fingerprint density at radius 2 is 1.89 bits per heavy atom. The fourth-order valence-electron chi connectivity index (χ4n) is 5.06. The Morgan fingerprint density at radius 1 is 1.23 bits per heavy atom.